The molecule has 0 atom stereocenters. The third kappa shape index (κ3) is 2.36. The molecule has 0 unspecified atom stereocenters. The van der Waals surface area contributed by atoms with Crippen LogP contribution < -0.4 is 0 Å². The highest BCUT2D eigenvalue weighted by Crippen LogP contribution is 2.27. The molecule has 23 heavy (non-hydrogen) atoms. The van der Waals surface area contributed by atoms with Crippen LogP contribution >= 0.6 is 0 Å². The molecule has 0 aliphatic heterocycles. The predicted octanol–water partition coefficient (Wildman–Crippen LogP) is 2.85. The van der Waals surface area contributed by atoms with Crippen LogP contribution in [0.15, 0.2) is 48.5 Å². The lowest BCUT2D eigenvalue weighted by Gasteiger charge is -2.03. The maximum atomic E-state index is 12.9. The molecule has 4 rings (SSSR count). The van der Waals surface area contributed by atoms with Crippen molar-refractivity contribution in [2.75, 3.05) is 6.67 Å². The standard InChI is InChI=1S/C16H13FN6/c17-9-10-23-16(12-7-4-8-13-14(12)20-22-19-13)18-15(21-23)11-5-2-1-3-6-11/h1-8H,9-10H2,(H,19,20,22). The van der Waals surface area contributed by atoms with E-state index in [0.29, 0.717) is 17.2 Å². The van der Waals surface area contributed by atoms with E-state index >= 15 is 0 Å². The summed E-state index contributed by atoms with van der Waals surface area (Å²) in [6, 6.07) is 15.2. The van der Waals surface area contributed by atoms with E-state index in [1.807, 2.05) is 48.5 Å². The van der Waals surface area contributed by atoms with E-state index in [1.165, 1.54) is 0 Å². The van der Waals surface area contributed by atoms with Gasteiger partial charge in [0, 0.05) is 11.1 Å². The summed E-state index contributed by atoms with van der Waals surface area (Å²) in [6.45, 7) is -0.372. The van der Waals surface area contributed by atoms with Crippen molar-refractivity contribution < 1.29 is 4.39 Å². The largest absolute Gasteiger partial charge is 0.249 e. The summed E-state index contributed by atoms with van der Waals surface area (Å²) in [5, 5.41) is 15.3. The molecule has 2 aromatic carbocycles. The number of H-pyrrole nitrogens is 1. The van der Waals surface area contributed by atoms with Crippen molar-refractivity contribution in [2.45, 2.75) is 6.54 Å². The molecular formula is C16H13FN6. The van der Waals surface area contributed by atoms with Crippen LogP contribution in [0.1, 0.15) is 0 Å². The number of nitrogens with zero attached hydrogens (tertiary/aromatic N) is 5. The number of nitrogens with one attached hydrogen (secondary N) is 1. The average Bonchev–Trinajstić information content (AvgIpc) is 3.22. The Morgan fingerprint density at radius 1 is 1.00 bits per heavy atom. The lowest BCUT2D eigenvalue weighted by molar-refractivity contribution is 0.429. The lowest BCUT2D eigenvalue weighted by Crippen LogP contribution is -2.04. The van der Waals surface area contributed by atoms with Gasteiger partial charge in [0.1, 0.15) is 17.7 Å². The molecule has 0 spiro atoms. The van der Waals surface area contributed by atoms with Crippen molar-refractivity contribution in [2.24, 2.45) is 0 Å². The minimum absolute atomic E-state index is 0.142. The molecule has 0 bridgehead atoms. The maximum absolute atomic E-state index is 12.9. The molecule has 6 nitrogen and oxygen atoms in total. The highest BCUT2D eigenvalue weighted by molar-refractivity contribution is 5.89. The maximum Gasteiger partial charge on any atom is 0.181 e. The number of hydrogen-bond acceptors (Lipinski definition) is 4. The number of alkyl halides is 1. The molecular weight excluding hydrogens is 295 g/mol. The summed E-state index contributed by atoms with van der Waals surface area (Å²) in [5.74, 6) is 1.15. The van der Waals surface area contributed by atoms with Gasteiger partial charge >= 0.3 is 0 Å². The molecule has 0 saturated heterocycles. The Hall–Kier alpha value is -3.09. The molecule has 0 fully saturated rings. The fourth-order valence-corrected chi connectivity index (χ4v) is 2.54. The second kappa shape index (κ2) is 5.60. The Kier molecular flexibility index (Phi) is 3.30. The van der Waals surface area contributed by atoms with Gasteiger partial charge in [0.25, 0.3) is 0 Å². The number of benzene rings is 2. The van der Waals surface area contributed by atoms with Crippen LogP contribution in [-0.4, -0.2) is 36.8 Å². The van der Waals surface area contributed by atoms with Crippen LogP contribution in [0.25, 0.3) is 33.8 Å². The zero-order valence-corrected chi connectivity index (χ0v) is 12.1. The third-order valence-electron chi connectivity index (χ3n) is 3.59. The quantitative estimate of drug-likeness (QED) is 0.629. The average molecular weight is 308 g/mol. The summed E-state index contributed by atoms with van der Waals surface area (Å²) >= 11 is 0. The number of aromatic amines is 1. The van der Waals surface area contributed by atoms with Crippen LogP contribution in [0.2, 0.25) is 0 Å². The molecule has 2 heterocycles. The Morgan fingerprint density at radius 3 is 2.70 bits per heavy atom. The van der Waals surface area contributed by atoms with Gasteiger partial charge in [0.15, 0.2) is 11.6 Å². The SMILES string of the molecule is FCCn1nc(-c2ccccc2)nc1-c1cccc2n[nH]nc12. The van der Waals surface area contributed by atoms with E-state index in [9.17, 15) is 4.39 Å². The first-order chi connectivity index (χ1) is 11.4. The van der Waals surface area contributed by atoms with Crippen molar-refractivity contribution in [1.82, 2.24) is 30.2 Å². The molecule has 4 aromatic rings. The molecule has 0 radical (unpaired) electrons. The monoisotopic (exact) mass is 308 g/mol. The normalized spacial score (nSPS) is 11.2. The number of aryl methyl sites for hydroxylation is 1. The topological polar surface area (TPSA) is 72.3 Å². The van der Waals surface area contributed by atoms with Gasteiger partial charge < -0.3 is 0 Å². The summed E-state index contributed by atoms with van der Waals surface area (Å²) in [4.78, 5) is 4.60. The van der Waals surface area contributed by atoms with Gasteiger partial charge in [-0.3, -0.25) is 0 Å². The molecule has 7 heteroatoms. The van der Waals surface area contributed by atoms with Crippen LogP contribution in [0.3, 0.4) is 0 Å². The van der Waals surface area contributed by atoms with Crippen LogP contribution in [0.4, 0.5) is 4.39 Å². The molecule has 1 N–H and O–H groups in total. The fraction of sp³-hybridized carbons (Fsp3) is 0.125. The number of rotatable bonds is 4. The summed E-state index contributed by atoms with van der Waals surface area (Å²) in [5.41, 5.74) is 3.09. The molecule has 2 aromatic heterocycles. The summed E-state index contributed by atoms with van der Waals surface area (Å²) < 4.78 is 14.5. The first-order valence-corrected chi connectivity index (χ1v) is 7.23. The van der Waals surface area contributed by atoms with Gasteiger partial charge in [-0.1, -0.05) is 36.4 Å². The van der Waals surface area contributed by atoms with E-state index in [2.05, 4.69) is 25.5 Å². The second-order valence-corrected chi connectivity index (χ2v) is 5.03. The minimum Gasteiger partial charge on any atom is -0.249 e. The van der Waals surface area contributed by atoms with E-state index in [-0.39, 0.29) is 6.54 Å². The van der Waals surface area contributed by atoms with Crippen LogP contribution in [0, 0.1) is 0 Å². The van der Waals surface area contributed by atoms with Crippen molar-refractivity contribution >= 4 is 11.0 Å². The molecule has 0 aliphatic carbocycles. The van der Waals surface area contributed by atoms with E-state index in [1.54, 1.807) is 4.68 Å². The molecule has 0 saturated carbocycles. The third-order valence-corrected chi connectivity index (χ3v) is 3.59. The number of hydrogen-bond donors (Lipinski definition) is 1. The smallest absolute Gasteiger partial charge is 0.181 e. The Bertz CT molecular complexity index is 944. The Labute approximate surface area is 131 Å². The molecule has 0 amide bonds. The summed E-state index contributed by atoms with van der Waals surface area (Å²) in [6.07, 6.45) is 0. The predicted molar refractivity (Wildman–Crippen MR) is 84.3 cm³/mol. The fourth-order valence-electron chi connectivity index (χ4n) is 2.54. The Balaban J connectivity index is 1.90. The van der Waals surface area contributed by atoms with Gasteiger partial charge in [-0.15, -0.1) is 0 Å². The van der Waals surface area contributed by atoms with E-state index in [4.69, 9.17) is 0 Å². The van der Waals surface area contributed by atoms with Gasteiger partial charge in [-0.05, 0) is 12.1 Å². The first kappa shape index (κ1) is 13.6. The lowest BCUT2D eigenvalue weighted by atomic mass is 10.1. The first-order valence-electron chi connectivity index (χ1n) is 7.23. The summed E-state index contributed by atoms with van der Waals surface area (Å²) in [7, 11) is 0. The number of fused-ring (bicyclic) bond motifs is 1. The van der Waals surface area contributed by atoms with Crippen molar-refractivity contribution in [3.05, 3.63) is 48.5 Å². The van der Waals surface area contributed by atoms with Crippen molar-refractivity contribution in [3.8, 4) is 22.8 Å². The van der Waals surface area contributed by atoms with E-state index < -0.39 is 6.67 Å². The van der Waals surface area contributed by atoms with Gasteiger partial charge in [0.2, 0.25) is 0 Å². The zero-order chi connectivity index (χ0) is 15.6. The van der Waals surface area contributed by atoms with Crippen molar-refractivity contribution in [1.29, 1.82) is 0 Å². The van der Waals surface area contributed by atoms with Gasteiger partial charge in [0.05, 0.1) is 6.54 Å². The van der Waals surface area contributed by atoms with E-state index in [0.717, 1.165) is 16.6 Å². The highest BCUT2D eigenvalue weighted by Gasteiger charge is 2.16. The second-order valence-electron chi connectivity index (χ2n) is 5.03. The van der Waals surface area contributed by atoms with Gasteiger partial charge in [-0.25, -0.2) is 14.1 Å². The minimum atomic E-state index is -0.515. The number of halogens is 1. The molecule has 114 valence electrons. The highest BCUT2D eigenvalue weighted by atomic mass is 19.1. The Morgan fingerprint density at radius 2 is 1.87 bits per heavy atom. The molecule has 0 aliphatic rings. The van der Waals surface area contributed by atoms with Crippen LogP contribution in [-0.2, 0) is 6.54 Å². The van der Waals surface area contributed by atoms with Crippen LogP contribution in [0.5, 0.6) is 0 Å². The van der Waals surface area contributed by atoms with Crippen molar-refractivity contribution in [3.63, 3.8) is 0 Å². The van der Waals surface area contributed by atoms with Gasteiger partial charge in [-0.2, -0.15) is 20.5 Å². The zero-order valence-electron chi connectivity index (χ0n) is 12.1. The number of para-hydroxylation sites is 1. The number of aromatic nitrogens is 6.